The number of amides is 1. The van der Waals surface area contributed by atoms with Gasteiger partial charge in [0.2, 0.25) is 0 Å². The monoisotopic (exact) mass is 241 g/mol. The van der Waals surface area contributed by atoms with Crippen molar-refractivity contribution in [2.45, 2.75) is 26.0 Å². The Morgan fingerprint density at radius 1 is 1.75 bits per heavy atom. The van der Waals surface area contributed by atoms with Crippen LogP contribution in [0.25, 0.3) is 0 Å². The van der Waals surface area contributed by atoms with Crippen molar-refractivity contribution in [1.82, 2.24) is 5.32 Å². The van der Waals surface area contributed by atoms with E-state index in [4.69, 9.17) is 9.84 Å². The molecule has 2 rings (SSSR count). The number of rotatable bonds is 3. The van der Waals surface area contributed by atoms with E-state index in [0.717, 1.165) is 18.6 Å². The highest BCUT2D eigenvalue weighted by molar-refractivity contribution is 7.14. The normalized spacial score (nSPS) is 16.6. The maximum atomic E-state index is 11.8. The molecule has 0 aliphatic carbocycles. The first-order valence-corrected chi connectivity index (χ1v) is 6.13. The summed E-state index contributed by atoms with van der Waals surface area (Å²) >= 11 is 1.52. The van der Waals surface area contributed by atoms with Crippen molar-refractivity contribution in [2.75, 3.05) is 13.2 Å². The van der Waals surface area contributed by atoms with Crippen molar-refractivity contribution < 1.29 is 14.6 Å². The molecule has 2 heterocycles. The fourth-order valence-corrected chi connectivity index (χ4v) is 2.65. The molecule has 2 N–H and O–H groups in total. The van der Waals surface area contributed by atoms with Gasteiger partial charge < -0.3 is 15.2 Å². The molecule has 1 aromatic heterocycles. The SMILES string of the molecule is CC(CO)NC(=O)c1cc2c(s1)CCOC2. The number of nitrogens with one attached hydrogen (secondary N) is 1. The molecule has 0 spiro atoms. The Labute approximate surface area is 98.2 Å². The van der Waals surface area contributed by atoms with Gasteiger partial charge in [0.05, 0.1) is 24.7 Å². The molecular weight excluding hydrogens is 226 g/mol. The molecule has 0 bridgehead atoms. The third-order valence-corrected chi connectivity index (χ3v) is 3.74. The number of thiophene rings is 1. The quantitative estimate of drug-likeness (QED) is 0.827. The highest BCUT2D eigenvalue weighted by Gasteiger charge is 2.18. The van der Waals surface area contributed by atoms with Crippen LogP contribution in [0.1, 0.15) is 27.0 Å². The van der Waals surface area contributed by atoms with Crippen molar-refractivity contribution in [1.29, 1.82) is 0 Å². The summed E-state index contributed by atoms with van der Waals surface area (Å²) in [7, 11) is 0. The topological polar surface area (TPSA) is 58.6 Å². The maximum absolute atomic E-state index is 11.8. The third-order valence-electron chi connectivity index (χ3n) is 2.50. The van der Waals surface area contributed by atoms with Crippen LogP contribution in [0.15, 0.2) is 6.07 Å². The minimum absolute atomic E-state index is 0.0417. The Hall–Kier alpha value is -0.910. The van der Waals surface area contributed by atoms with Gasteiger partial charge >= 0.3 is 0 Å². The molecule has 88 valence electrons. The minimum Gasteiger partial charge on any atom is -0.394 e. The number of ether oxygens (including phenoxy) is 1. The van der Waals surface area contributed by atoms with Crippen molar-refractivity contribution >= 4 is 17.2 Å². The molecule has 16 heavy (non-hydrogen) atoms. The summed E-state index contributed by atoms with van der Waals surface area (Å²) in [5.41, 5.74) is 1.12. The van der Waals surface area contributed by atoms with Crippen LogP contribution in [0.3, 0.4) is 0 Å². The third kappa shape index (κ3) is 2.42. The highest BCUT2D eigenvalue weighted by Crippen LogP contribution is 2.26. The molecule has 1 aliphatic rings. The second kappa shape index (κ2) is 4.95. The highest BCUT2D eigenvalue weighted by atomic mass is 32.1. The molecule has 1 unspecified atom stereocenters. The maximum Gasteiger partial charge on any atom is 0.261 e. The standard InChI is InChI=1S/C11H15NO3S/c1-7(5-13)12-11(14)10-4-8-6-15-3-2-9(8)16-10/h4,7,13H,2-3,5-6H2,1H3,(H,12,14). The van der Waals surface area contributed by atoms with Crippen LogP contribution < -0.4 is 5.32 Å². The molecule has 0 fully saturated rings. The second-order valence-electron chi connectivity index (χ2n) is 3.92. The molecule has 0 radical (unpaired) electrons. The molecular formula is C11H15NO3S. The first kappa shape index (κ1) is 11.6. The Bertz CT molecular complexity index is 365. The van der Waals surface area contributed by atoms with E-state index in [-0.39, 0.29) is 18.6 Å². The van der Waals surface area contributed by atoms with Gasteiger partial charge in [-0.15, -0.1) is 11.3 Å². The number of hydrogen-bond acceptors (Lipinski definition) is 4. The summed E-state index contributed by atoms with van der Waals surface area (Å²) in [6.45, 7) is 3.07. The minimum atomic E-state index is -0.206. The summed E-state index contributed by atoms with van der Waals surface area (Å²) in [4.78, 5) is 13.7. The summed E-state index contributed by atoms with van der Waals surface area (Å²) in [5, 5.41) is 11.6. The molecule has 1 aromatic rings. The van der Waals surface area contributed by atoms with Crippen LogP contribution in [0.4, 0.5) is 0 Å². The number of fused-ring (bicyclic) bond motifs is 1. The van der Waals surface area contributed by atoms with Gasteiger partial charge in [-0.2, -0.15) is 0 Å². The zero-order chi connectivity index (χ0) is 11.5. The van der Waals surface area contributed by atoms with Gasteiger partial charge in [0, 0.05) is 17.3 Å². The molecule has 4 nitrogen and oxygen atoms in total. The lowest BCUT2D eigenvalue weighted by Gasteiger charge is -2.10. The molecule has 0 aromatic carbocycles. The van der Waals surface area contributed by atoms with E-state index in [0.29, 0.717) is 11.5 Å². The zero-order valence-electron chi connectivity index (χ0n) is 9.16. The Morgan fingerprint density at radius 2 is 2.56 bits per heavy atom. The van der Waals surface area contributed by atoms with Crippen LogP contribution in [-0.2, 0) is 17.8 Å². The average Bonchev–Trinajstić information content (AvgIpc) is 2.72. The number of aliphatic hydroxyl groups is 1. The van der Waals surface area contributed by atoms with Crippen LogP contribution in [0, 0.1) is 0 Å². The summed E-state index contributed by atoms with van der Waals surface area (Å²) in [6, 6.07) is 1.68. The van der Waals surface area contributed by atoms with Gasteiger partial charge in [-0.25, -0.2) is 0 Å². The number of carbonyl (C=O) groups is 1. The molecule has 0 saturated heterocycles. The lowest BCUT2D eigenvalue weighted by atomic mass is 10.2. The number of carbonyl (C=O) groups excluding carboxylic acids is 1. The lowest BCUT2D eigenvalue weighted by molar-refractivity contribution is 0.0926. The second-order valence-corrected chi connectivity index (χ2v) is 5.06. The first-order valence-electron chi connectivity index (χ1n) is 5.31. The van der Waals surface area contributed by atoms with E-state index in [1.807, 2.05) is 6.07 Å². The zero-order valence-corrected chi connectivity index (χ0v) is 9.97. The van der Waals surface area contributed by atoms with Crippen LogP contribution >= 0.6 is 11.3 Å². The lowest BCUT2D eigenvalue weighted by Crippen LogP contribution is -2.34. The van der Waals surface area contributed by atoms with Gasteiger partial charge in [-0.1, -0.05) is 0 Å². The van der Waals surface area contributed by atoms with E-state index >= 15 is 0 Å². The van der Waals surface area contributed by atoms with E-state index in [9.17, 15) is 4.79 Å². The summed E-state index contributed by atoms with van der Waals surface area (Å²) in [6.07, 6.45) is 0.892. The Morgan fingerprint density at radius 3 is 3.25 bits per heavy atom. The van der Waals surface area contributed by atoms with E-state index in [2.05, 4.69) is 5.32 Å². The average molecular weight is 241 g/mol. The Kier molecular flexibility index (Phi) is 3.58. The van der Waals surface area contributed by atoms with Crippen LogP contribution in [-0.4, -0.2) is 30.3 Å². The van der Waals surface area contributed by atoms with Gasteiger partial charge in [0.15, 0.2) is 0 Å². The van der Waals surface area contributed by atoms with Gasteiger partial charge in [-0.3, -0.25) is 4.79 Å². The molecule has 0 saturated carbocycles. The Balaban J connectivity index is 2.09. The fraction of sp³-hybridized carbons (Fsp3) is 0.545. The van der Waals surface area contributed by atoms with E-state index in [1.54, 1.807) is 6.92 Å². The molecule has 1 atom stereocenters. The van der Waals surface area contributed by atoms with Crippen LogP contribution in [0.5, 0.6) is 0 Å². The summed E-state index contributed by atoms with van der Waals surface area (Å²) in [5.74, 6) is -0.110. The van der Waals surface area contributed by atoms with E-state index in [1.165, 1.54) is 16.2 Å². The van der Waals surface area contributed by atoms with Crippen molar-refractivity contribution in [2.24, 2.45) is 0 Å². The number of aliphatic hydroxyl groups excluding tert-OH is 1. The van der Waals surface area contributed by atoms with Gasteiger partial charge in [0.25, 0.3) is 5.91 Å². The molecule has 1 aliphatic heterocycles. The van der Waals surface area contributed by atoms with Gasteiger partial charge in [0.1, 0.15) is 0 Å². The van der Waals surface area contributed by atoms with Crippen molar-refractivity contribution in [3.63, 3.8) is 0 Å². The van der Waals surface area contributed by atoms with Crippen LogP contribution in [0.2, 0.25) is 0 Å². The smallest absolute Gasteiger partial charge is 0.261 e. The van der Waals surface area contributed by atoms with E-state index < -0.39 is 0 Å². The fourth-order valence-electron chi connectivity index (χ4n) is 1.60. The van der Waals surface area contributed by atoms with Gasteiger partial charge in [-0.05, 0) is 18.6 Å². The van der Waals surface area contributed by atoms with Crippen molar-refractivity contribution in [3.05, 3.63) is 21.4 Å². The molecule has 1 amide bonds. The largest absolute Gasteiger partial charge is 0.394 e. The predicted molar refractivity (Wildman–Crippen MR) is 61.7 cm³/mol. The predicted octanol–water partition coefficient (Wildman–Crippen LogP) is 0.931. The number of hydrogen-bond donors (Lipinski definition) is 2. The summed E-state index contributed by atoms with van der Waals surface area (Å²) < 4.78 is 5.33. The molecule has 5 heteroatoms. The van der Waals surface area contributed by atoms with Crippen molar-refractivity contribution in [3.8, 4) is 0 Å². The first-order chi connectivity index (χ1) is 7.70.